The van der Waals surface area contributed by atoms with E-state index in [0.29, 0.717) is 18.1 Å². The zero-order valence-corrected chi connectivity index (χ0v) is 17.5. The first kappa shape index (κ1) is 22.6. The molecule has 33 heavy (non-hydrogen) atoms. The van der Waals surface area contributed by atoms with Crippen molar-refractivity contribution in [3.63, 3.8) is 0 Å². The van der Waals surface area contributed by atoms with Crippen molar-refractivity contribution in [1.82, 2.24) is 5.32 Å². The summed E-state index contributed by atoms with van der Waals surface area (Å²) in [6, 6.07) is 18.8. The zero-order valence-electron chi connectivity index (χ0n) is 17.5. The monoisotopic (exact) mass is 455 g/mol. The van der Waals surface area contributed by atoms with E-state index >= 15 is 0 Å². The lowest BCUT2D eigenvalue weighted by Crippen LogP contribution is -2.26. The van der Waals surface area contributed by atoms with Gasteiger partial charge in [0.05, 0.1) is 5.56 Å². The first-order valence-electron chi connectivity index (χ1n) is 10.5. The molecule has 0 radical (unpaired) electrons. The Morgan fingerprint density at radius 3 is 2.21 bits per heavy atom. The van der Waals surface area contributed by atoms with Gasteiger partial charge in [-0.3, -0.25) is 0 Å². The largest absolute Gasteiger partial charge is 0.449 e. The van der Waals surface area contributed by atoms with Crippen LogP contribution in [0.25, 0.3) is 17.2 Å². The summed E-state index contributed by atoms with van der Waals surface area (Å²) in [5, 5.41) is 2.65. The maximum Gasteiger partial charge on any atom is 0.419 e. The van der Waals surface area contributed by atoms with Gasteiger partial charge in [-0.1, -0.05) is 66.7 Å². The van der Waals surface area contributed by atoms with Crippen LogP contribution < -0.4 is 5.32 Å². The summed E-state index contributed by atoms with van der Waals surface area (Å²) in [6.07, 6.45) is -1.72. The van der Waals surface area contributed by atoms with Crippen LogP contribution in [0.4, 0.5) is 22.4 Å². The van der Waals surface area contributed by atoms with Crippen molar-refractivity contribution in [2.45, 2.75) is 18.5 Å². The summed E-state index contributed by atoms with van der Waals surface area (Å²) in [6.45, 7) is 0.483. The maximum atomic E-state index is 13.6. The van der Waals surface area contributed by atoms with E-state index in [4.69, 9.17) is 4.74 Å². The van der Waals surface area contributed by atoms with Gasteiger partial charge in [0, 0.05) is 12.5 Å². The van der Waals surface area contributed by atoms with Gasteiger partial charge in [0.25, 0.3) is 0 Å². The molecule has 1 N–H and O–H groups in total. The molecule has 170 valence electrons. The highest BCUT2D eigenvalue weighted by molar-refractivity contribution is 5.79. The van der Waals surface area contributed by atoms with Crippen molar-refractivity contribution in [3.05, 3.63) is 101 Å². The summed E-state index contributed by atoms with van der Waals surface area (Å²) in [7, 11) is 0. The molecule has 3 nitrogen and oxygen atoms in total. The van der Waals surface area contributed by atoms with Crippen LogP contribution in [0.1, 0.15) is 34.6 Å². The van der Waals surface area contributed by atoms with Gasteiger partial charge < -0.3 is 10.1 Å². The van der Waals surface area contributed by atoms with Gasteiger partial charge in [-0.2, -0.15) is 13.2 Å². The third-order valence-electron chi connectivity index (χ3n) is 5.53. The molecular formula is C26H21F4NO2. The number of amides is 1. The van der Waals surface area contributed by atoms with Crippen molar-refractivity contribution in [3.8, 4) is 11.1 Å². The average molecular weight is 455 g/mol. The van der Waals surface area contributed by atoms with E-state index < -0.39 is 23.7 Å². The molecule has 0 saturated heterocycles. The average Bonchev–Trinajstić information content (AvgIpc) is 3.10. The number of carbonyl (C=O) groups is 1. The van der Waals surface area contributed by atoms with Gasteiger partial charge >= 0.3 is 12.3 Å². The number of alkyl halides is 3. The minimum atomic E-state index is -4.72. The van der Waals surface area contributed by atoms with Crippen LogP contribution in [0.15, 0.2) is 72.8 Å². The molecule has 4 rings (SSSR count). The number of nitrogens with one attached hydrogen (secondary N) is 1. The van der Waals surface area contributed by atoms with Crippen LogP contribution in [0, 0.1) is 5.82 Å². The molecule has 0 unspecified atom stereocenters. The van der Waals surface area contributed by atoms with Crippen LogP contribution in [-0.2, 0) is 10.9 Å². The van der Waals surface area contributed by atoms with Crippen molar-refractivity contribution < 1.29 is 27.1 Å². The summed E-state index contributed by atoms with van der Waals surface area (Å²) in [4.78, 5) is 12.1. The van der Waals surface area contributed by atoms with E-state index in [2.05, 4.69) is 17.4 Å². The van der Waals surface area contributed by atoms with Gasteiger partial charge in [0.2, 0.25) is 0 Å². The minimum Gasteiger partial charge on any atom is -0.449 e. The number of alkyl carbamates (subject to hydrolysis) is 1. The molecule has 7 heteroatoms. The minimum absolute atomic E-state index is 0.0300. The Hall–Kier alpha value is -3.61. The van der Waals surface area contributed by atoms with Gasteiger partial charge in [-0.05, 0) is 46.4 Å². The summed E-state index contributed by atoms with van der Waals surface area (Å²) in [5.41, 5.74) is 3.55. The van der Waals surface area contributed by atoms with Gasteiger partial charge in [0.15, 0.2) is 0 Å². The molecular weight excluding hydrogens is 434 g/mol. The van der Waals surface area contributed by atoms with E-state index in [0.717, 1.165) is 28.3 Å². The normalized spacial score (nSPS) is 13.1. The number of carbonyl (C=O) groups excluding carboxylic acids is 1. The van der Waals surface area contributed by atoms with Gasteiger partial charge in [-0.15, -0.1) is 0 Å². The molecule has 0 atom stereocenters. The van der Waals surface area contributed by atoms with E-state index in [1.165, 1.54) is 12.1 Å². The fourth-order valence-corrected chi connectivity index (χ4v) is 3.99. The fraction of sp³-hybridized carbons (Fsp3) is 0.192. The van der Waals surface area contributed by atoms with Crippen molar-refractivity contribution in [2.24, 2.45) is 0 Å². The summed E-state index contributed by atoms with van der Waals surface area (Å²) in [5.74, 6) is -1.35. The second kappa shape index (κ2) is 9.48. The van der Waals surface area contributed by atoms with E-state index in [1.807, 2.05) is 36.4 Å². The second-order valence-electron chi connectivity index (χ2n) is 7.68. The highest BCUT2D eigenvalue weighted by Gasteiger charge is 2.33. The molecule has 0 saturated carbocycles. The fourth-order valence-electron chi connectivity index (χ4n) is 3.99. The molecule has 0 spiro atoms. The third-order valence-corrected chi connectivity index (χ3v) is 5.53. The Balaban J connectivity index is 1.26. The quantitative estimate of drug-likeness (QED) is 0.328. The Labute approximate surface area is 188 Å². The van der Waals surface area contributed by atoms with Crippen LogP contribution in [0.2, 0.25) is 0 Å². The summed E-state index contributed by atoms with van der Waals surface area (Å²) < 4.78 is 56.9. The van der Waals surface area contributed by atoms with Crippen LogP contribution in [0.3, 0.4) is 0 Å². The maximum absolute atomic E-state index is 13.6. The number of halogens is 4. The molecule has 0 aromatic heterocycles. The van der Waals surface area contributed by atoms with Crippen molar-refractivity contribution >= 4 is 12.2 Å². The molecule has 0 fully saturated rings. The zero-order chi connectivity index (χ0) is 23.4. The SMILES string of the molecule is O=C(NCCC=Cc1ccc(C(F)(F)F)c(F)c1)OCC1c2ccccc2-c2ccccc21. The molecule has 1 aliphatic carbocycles. The number of fused-ring (bicyclic) bond motifs is 3. The molecule has 1 amide bonds. The predicted octanol–water partition coefficient (Wildman–Crippen LogP) is 6.79. The molecule has 3 aromatic carbocycles. The lowest BCUT2D eigenvalue weighted by atomic mass is 9.98. The first-order valence-corrected chi connectivity index (χ1v) is 10.5. The van der Waals surface area contributed by atoms with Gasteiger partial charge in [0.1, 0.15) is 12.4 Å². The van der Waals surface area contributed by atoms with Gasteiger partial charge in [-0.25, -0.2) is 9.18 Å². The van der Waals surface area contributed by atoms with Crippen molar-refractivity contribution in [2.75, 3.05) is 13.2 Å². The predicted molar refractivity (Wildman–Crippen MR) is 118 cm³/mol. The Bertz CT molecular complexity index is 1140. The smallest absolute Gasteiger partial charge is 0.419 e. The molecule has 3 aromatic rings. The van der Waals surface area contributed by atoms with Crippen LogP contribution in [0.5, 0.6) is 0 Å². The van der Waals surface area contributed by atoms with Crippen LogP contribution in [-0.4, -0.2) is 19.2 Å². The third kappa shape index (κ3) is 5.08. The highest BCUT2D eigenvalue weighted by atomic mass is 19.4. The lowest BCUT2D eigenvalue weighted by Gasteiger charge is -2.14. The van der Waals surface area contributed by atoms with Crippen LogP contribution >= 0.6 is 0 Å². The Kier molecular flexibility index (Phi) is 6.49. The van der Waals surface area contributed by atoms with E-state index in [1.54, 1.807) is 6.08 Å². The first-order chi connectivity index (χ1) is 15.8. The molecule has 0 bridgehead atoms. The topological polar surface area (TPSA) is 38.3 Å². The second-order valence-corrected chi connectivity index (χ2v) is 7.68. The standard InChI is InChI=1S/C26H21F4NO2/c27-24-15-17(12-13-23(24)26(28,29)30)7-5-6-14-31-25(32)33-16-22-20-10-3-1-8-18(20)19-9-2-4-11-21(19)22/h1-5,7-13,15,22H,6,14,16H2,(H,31,32). The van der Waals surface area contributed by atoms with E-state index in [-0.39, 0.29) is 19.1 Å². The summed E-state index contributed by atoms with van der Waals surface area (Å²) >= 11 is 0. The van der Waals surface area contributed by atoms with Crippen molar-refractivity contribution in [1.29, 1.82) is 0 Å². The number of hydrogen-bond acceptors (Lipinski definition) is 2. The molecule has 0 heterocycles. The molecule has 0 aliphatic heterocycles. The molecule has 1 aliphatic rings. The number of ether oxygens (including phenoxy) is 1. The number of hydrogen-bond donors (Lipinski definition) is 1. The lowest BCUT2D eigenvalue weighted by molar-refractivity contribution is -0.140. The highest BCUT2D eigenvalue weighted by Crippen LogP contribution is 2.44. The Morgan fingerprint density at radius 2 is 1.61 bits per heavy atom. The Morgan fingerprint density at radius 1 is 0.970 bits per heavy atom. The number of rotatable bonds is 6. The number of benzene rings is 3. The van der Waals surface area contributed by atoms with E-state index in [9.17, 15) is 22.4 Å².